The van der Waals surface area contributed by atoms with E-state index in [-0.39, 0.29) is 6.10 Å². The summed E-state index contributed by atoms with van der Waals surface area (Å²) in [6.07, 6.45) is 1.70. The summed E-state index contributed by atoms with van der Waals surface area (Å²) in [7, 11) is 0. The monoisotopic (exact) mass is 233 g/mol. The summed E-state index contributed by atoms with van der Waals surface area (Å²) in [5, 5.41) is 9.84. The van der Waals surface area contributed by atoms with E-state index in [1.54, 1.807) is 0 Å². The Labute approximate surface area is 100 Å². The van der Waals surface area contributed by atoms with Gasteiger partial charge in [-0.1, -0.05) is 29.3 Å². The molecule has 1 aliphatic rings. The number of rotatable bonds is 2. The molecule has 0 saturated carbocycles. The van der Waals surface area contributed by atoms with Gasteiger partial charge < -0.3 is 4.74 Å². The van der Waals surface area contributed by atoms with Crippen molar-refractivity contribution in [2.24, 2.45) is 0 Å². The number of ether oxygens (including phenoxy) is 1. The van der Waals surface area contributed by atoms with Crippen LogP contribution in [-0.4, -0.2) is 5.60 Å². The van der Waals surface area contributed by atoms with Gasteiger partial charge >= 0.3 is 0 Å². The third-order valence-corrected chi connectivity index (χ3v) is 2.75. The number of epoxide rings is 1. The zero-order valence-corrected chi connectivity index (χ0v) is 9.95. The van der Waals surface area contributed by atoms with E-state index in [9.17, 15) is 0 Å². The van der Waals surface area contributed by atoms with E-state index in [2.05, 4.69) is 6.07 Å². The molecule has 2 rings (SSSR count). The average molecular weight is 234 g/mol. The molecule has 0 radical (unpaired) electrons. The Morgan fingerprint density at radius 1 is 1.44 bits per heavy atom. The Bertz CT molecular complexity index is 468. The fourth-order valence-electron chi connectivity index (χ4n) is 1.77. The first kappa shape index (κ1) is 11.2. The number of allylic oxidation sites excluding steroid dienone is 1. The molecule has 1 aromatic rings. The van der Waals surface area contributed by atoms with Crippen LogP contribution in [-0.2, 0) is 4.74 Å². The van der Waals surface area contributed by atoms with Crippen LogP contribution in [0.25, 0.3) is 0 Å². The maximum atomic E-state index is 9.15. The number of hydrogen-bond acceptors (Lipinski definition) is 2. The third kappa shape index (κ3) is 1.97. The van der Waals surface area contributed by atoms with Crippen molar-refractivity contribution in [2.45, 2.75) is 25.6 Å². The molecule has 1 aliphatic heterocycles. The molecule has 1 saturated heterocycles. The van der Waals surface area contributed by atoms with Crippen molar-refractivity contribution in [3.8, 4) is 6.07 Å². The summed E-state index contributed by atoms with van der Waals surface area (Å²) in [6, 6.07) is 9.62. The summed E-state index contributed by atoms with van der Waals surface area (Å²) in [5.41, 5.74) is 1.30. The molecule has 3 heteroatoms. The standard InChI is InChI=1S/C13H12ClNO/c1-9(2)7-13(8-15)12(16-13)10-3-5-11(14)6-4-10/h3-7,12H,1-2H3/t12-,13+/m0/s1. The predicted octanol–water partition coefficient (Wildman–Crippen LogP) is 3.64. The van der Waals surface area contributed by atoms with Gasteiger partial charge in [0.05, 0.1) is 0 Å². The molecule has 0 aliphatic carbocycles. The van der Waals surface area contributed by atoms with Gasteiger partial charge in [0, 0.05) is 5.02 Å². The molecule has 0 bridgehead atoms. The highest BCUT2D eigenvalue weighted by Gasteiger charge is 2.56. The van der Waals surface area contributed by atoms with E-state index in [1.165, 1.54) is 0 Å². The Morgan fingerprint density at radius 3 is 2.56 bits per heavy atom. The van der Waals surface area contributed by atoms with Crippen LogP contribution in [0.5, 0.6) is 0 Å². The molecule has 2 atom stereocenters. The van der Waals surface area contributed by atoms with E-state index in [1.807, 2.05) is 44.2 Å². The topological polar surface area (TPSA) is 36.3 Å². The highest BCUT2D eigenvalue weighted by atomic mass is 35.5. The van der Waals surface area contributed by atoms with Gasteiger partial charge in [0.15, 0.2) is 0 Å². The average Bonchev–Trinajstić information content (AvgIpc) is 2.93. The van der Waals surface area contributed by atoms with Crippen LogP contribution in [0.1, 0.15) is 25.5 Å². The summed E-state index contributed by atoms with van der Waals surface area (Å²) in [4.78, 5) is 0. The van der Waals surface area contributed by atoms with Crippen LogP contribution < -0.4 is 0 Å². The molecule has 0 spiro atoms. The van der Waals surface area contributed by atoms with Gasteiger partial charge in [-0.25, -0.2) is 0 Å². The summed E-state index contributed by atoms with van der Waals surface area (Å²) >= 11 is 5.81. The van der Waals surface area contributed by atoms with E-state index < -0.39 is 5.60 Å². The number of nitriles is 1. The van der Waals surface area contributed by atoms with Gasteiger partial charge in [0.1, 0.15) is 12.2 Å². The van der Waals surface area contributed by atoms with Crippen LogP contribution in [0, 0.1) is 11.3 Å². The van der Waals surface area contributed by atoms with Gasteiger partial charge in [-0.15, -0.1) is 0 Å². The lowest BCUT2D eigenvalue weighted by molar-refractivity contribution is 0.365. The van der Waals surface area contributed by atoms with Crippen molar-refractivity contribution >= 4 is 11.6 Å². The molecule has 0 unspecified atom stereocenters. The van der Waals surface area contributed by atoms with Gasteiger partial charge in [-0.05, 0) is 37.6 Å². The summed E-state index contributed by atoms with van der Waals surface area (Å²) < 4.78 is 5.51. The minimum Gasteiger partial charge on any atom is -0.341 e. The third-order valence-electron chi connectivity index (χ3n) is 2.50. The lowest BCUT2D eigenvalue weighted by Crippen LogP contribution is -2.05. The highest BCUT2D eigenvalue weighted by molar-refractivity contribution is 6.30. The fraction of sp³-hybridized carbons (Fsp3) is 0.308. The Hall–Kier alpha value is -1.30. The Balaban J connectivity index is 2.25. The first-order chi connectivity index (χ1) is 7.57. The smallest absolute Gasteiger partial charge is 0.204 e. The number of nitrogens with zero attached hydrogens (tertiary/aromatic N) is 1. The SMILES string of the molecule is CC(C)=C[C@]1(C#N)O[C@H]1c1ccc(Cl)cc1. The largest absolute Gasteiger partial charge is 0.341 e. The first-order valence-corrected chi connectivity index (χ1v) is 5.46. The van der Waals surface area contributed by atoms with Crippen molar-refractivity contribution in [2.75, 3.05) is 0 Å². The quantitative estimate of drug-likeness (QED) is 0.578. The molecule has 0 amide bonds. The molecule has 0 aromatic heterocycles. The van der Waals surface area contributed by atoms with Crippen molar-refractivity contribution < 1.29 is 4.74 Å². The Morgan fingerprint density at radius 2 is 2.06 bits per heavy atom. The molecule has 0 N–H and O–H groups in total. The second-order valence-corrected chi connectivity index (χ2v) is 4.61. The van der Waals surface area contributed by atoms with Crippen LogP contribution in [0.3, 0.4) is 0 Å². The maximum Gasteiger partial charge on any atom is 0.204 e. The zero-order chi connectivity index (χ0) is 11.8. The molecular weight excluding hydrogens is 222 g/mol. The van der Waals surface area contributed by atoms with Crippen molar-refractivity contribution in [3.05, 3.63) is 46.5 Å². The summed E-state index contributed by atoms with van der Waals surface area (Å²) in [5.74, 6) is 0. The van der Waals surface area contributed by atoms with Crippen LogP contribution in [0.15, 0.2) is 35.9 Å². The lowest BCUT2D eigenvalue weighted by atomic mass is 9.99. The van der Waals surface area contributed by atoms with Crippen molar-refractivity contribution in [3.63, 3.8) is 0 Å². The molecule has 16 heavy (non-hydrogen) atoms. The van der Waals surface area contributed by atoms with Gasteiger partial charge in [0.25, 0.3) is 0 Å². The zero-order valence-electron chi connectivity index (χ0n) is 9.20. The summed E-state index contributed by atoms with van der Waals surface area (Å²) in [6.45, 7) is 3.92. The number of hydrogen-bond donors (Lipinski definition) is 0. The van der Waals surface area contributed by atoms with Crippen molar-refractivity contribution in [1.82, 2.24) is 0 Å². The van der Waals surface area contributed by atoms with Gasteiger partial charge in [0.2, 0.25) is 5.60 Å². The Kier molecular flexibility index (Phi) is 2.75. The van der Waals surface area contributed by atoms with E-state index in [4.69, 9.17) is 21.6 Å². The minimum atomic E-state index is -0.771. The highest BCUT2D eigenvalue weighted by Crippen LogP contribution is 2.50. The normalized spacial score (nSPS) is 27.0. The predicted molar refractivity (Wildman–Crippen MR) is 63.1 cm³/mol. The second kappa shape index (κ2) is 3.93. The van der Waals surface area contributed by atoms with Crippen LogP contribution in [0.4, 0.5) is 0 Å². The fourth-order valence-corrected chi connectivity index (χ4v) is 1.90. The van der Waals surface area contributed by atoms with Crippen molar-refractivity contribution in [1.29, 1.82) is 5.26 Å². The number of halogens is 1. The molecule has 2 nitrogen and oxygen atoms in total. The van der Waals surface area contributed by atoms with Crippen LogP contribution >= 0.6 is 11.6 Å². The molecule has 1 heterocycles. The van der Waals surface area contributed by atoms with Gasteiger partial charge in [-0.2, -0.15) is 5.26 Å². The second-order valence-electron chi connectivity index (χ2n) is 4.18. The molecule has 1 aromatic carbocycles. The number of benzene rings is 1. The lowest BCUT2D eigenvalue weighted by Gasteiger charge is -1.99. The van der Waals surface area contributed by atoms with E-state index in [0.717, 1.165) is 11.1 Å². The molecule has 1 fully saturated rings. The van der Waals surface area contributed by atoms with Gasteiger partial charge in [-0.3, -0.25) is 0 Å². The van der Waals surface area contributed by atoms with Crippen LogP contribution in [0.2, 0.25) is 5.02 Å². The van der Waals surface area contributed by atoms with E-state index >= 15 is 0 Å². The molecular formula is C13H12ClNO. The minimum absolute atomic E-state index is 0.162. The first-order valence-electron chi connectivity index (χ1n) is 5.08. The molecule has 82 valence electrons. The maximum absolute atomic E-state index is 9.15. The van der Waals surface area contributed by atoms with E-state index in [0.29, 0.717) is 5.02 Å².